The molecule has 1 N–H and O–H groups in total. The number of rotatable bonds is 8. The lowest BCUT2D eigenvalue weighted by Gasteiger charge is -2.10. The van der Waals surface area contributed by atoms with Crippen molar-refractivity contribution >= 4 is 5.69 Å². The van der Waals surface area contributed by atoms with Crippen molar-refractivity contribution in [3.05, 3.63) is 24.3 Å². The summed E-state index contributed by atoms with van der Waals surface area (Å²) in [5.41, 5.74) is 0.810. The van der Waals surface area contributed by atoms with Gasteiger partial charge < -0.3 is 10.1 Å². The van der Waals surface area contributed by atoms with Crippen molar-refractivity contribution in [2.45, 2.75) is 45.4 Å². The molecular formula is C14H20F3NO. The molecule has 0 aliphatic heterocycles. The molecule has 5 heteroatoms. The molecule has 0 saturated carbocycles. The lowest BCUT2D eigenvalue weighted by molar-refractivity contribution is -0.274. The van der Waals surface area contributed by atoms with E-state index in [2.05, 4.69) is 17.0 Å². The molecule has 1 aromatic rings. The molecule has 0 unspecified atom stereocenters. The highest BCUT2D eigenvalue weighted by Gasteiger charge is 2.30. The Morgan fingerprint density at radius 1 is 1.00 bits per heavy atom. The van der Waals surface area contributed by atoms with Gasteiger partial charge in [0.2, 0.25) is 0 Å². The highest BCUT2D eigenvalue weighted by molar-refractivity contribution is 5.46. The third kappa shape index (κ3) is 7.59. The topological polar surface area (TPSA) is 21.3 Å². The van der Waals surface area contributed by atoms with E-state index in [1.807, 2.05) is 0 Å². The van der Waals surface area contributed by atoms with Crippen molar-refractivity contribution in [3.63, 3.8) is 0 Å². The maximum absolute atomic E-state index is 12.0. The van der Waals surface area contributed by atoms with Crippen molar-refractivity contribution in [2.75, 3.05) is 11.9 Å². The van der Waals surface area contributed by atoms with Crippen molar-refractivity contribution in [1.29, 1.82) is 0 Å². The number of hydrogen-bond acceptors (Lipinski definition) is 2. The van der Waals surface area contributed by atoms with Crippen LogP contribution in [0.15, 0.2) is 24.3 Å². The Bertz CT molecular complexity index is 349. The smallest absolute Gasteiger partial charge is 0.406 e. The largest absolute Gasteiger partial charge is 0.573 e. The monoisotopic (exact) mass is 275 g/mol. The summed E-state index contributed by atoms with van der Waals surface area (Å²) < 4.78 is 39.7. The van der Waals surface area contributed by atoms with E-state index in [-0.39, 0.29) is 5.75 Å². The van der Waals surface area contributed by atoms with Gasteiger partial charge in [0.15, 0.2) is 0 Å². The Hall–Kier alpha value is -1.39. The maximum Gasteiger partial charge on any atom is 0.573 e. The Balaban J connectivity index is 2.25. The van der Waals surface area contributed by atoms with E-state index in [9.17, 15) is 13.2 Å². The molecular weight excluding hydrogens is 255 g/mol. The van der Waals surface area contributed by atoms with Crippen LogP contribution in [0, 0.1) is 0 Å². The lowest BCUT2D eigenvalue weighted by atomic mass is 10.1. The average Bonchev–Trinajstić information content (AvgIpc) is 2.34. The van der Waals surface area contributed by atoms with Crippen molar-refractivity contribution in [2.24, 2.45) is 0 Å². The summed E-state index contributed by atoms with van der Waals surface area (Å²) in [7, 11) is 0. The summed E-state index contributed by atoms with van der Waals surface area (Å²) in [6, 6.07) is 5.81. The quantitative estimate of drug-likeness (QED) is 0.676. The van der Waals surface area contributed by atoms with Crippen LogP contribution in [0.2, 0.25) is 0 Å². The van der Waals surface area contributed by atoms with Gasteiger partial charge in [-0.15, -0.1) is 13.2 Å². The van der Waals surface area contributed by atoms with Crippen LogP contribution in [-0.2, 0) is 0 Å². The van der Waals surface area contributed by atoms with Gasteiger partial charge in [0, 0.05) is 12.2 Å². The fourth-order valence-electron chi connectivity index (χ4n) is 1.74. The number of hydrogen-bond donors (Lipinski definition) is 1. The van der Waals surface area contributed by atoms with Gasteiger partial charge >= 0.3 is 6.36 Å². The number of anilines is 1. The molecule has 1 aromatic carbocycles. The molecule has 0 radical (unpaired) electrons. The molecule has 0 aliphatic rings. The Morgan fingerprint density at radius 3 is 2.21 bits per heavy atom. The van der Waals surface area contributed by atoms with Gasteiger partial charge in [-0.1, -0.05) is 32.6 Å². The number of nitrogens with one attached hydrogen (secondary N) is 1. The first-order valence-electron chi connectivity index (χ1n) is 6.61. The summed E-state index contributed by atoms with van der Waals surface area (Å²) >= 11 is 0. The van der Waals surface area contributed by atoms with E-state index < -0.39 is 6.36 Å². The van der Waals surface area contributed by atoms with Gasteiger partial charge in [0.1, 0.15) is 5.75 Å². The number of alkyl halides is 3. The third-order valence-corrected chi connectivity index (χ3v) is 2.70. The van der Waals surface area contributed by atoms with Crippen molar-refractivity contribution in [3.8, 4) is 5.75 Å². The second-order valence-corrected chi connectivity index (χ2v) is 4.41. The van der Waals surface area contributed by atoms with Gasteiger partial charge in [0.05, 0.1) is 0 Å². The average molecular weight is 275 g/mol. The van der Waals surface area contributed by atoms with E-state index in [1.54, 1.807) is 12.1 Å². The molecule has 1 rings (SSSR count). The summed E-state index contributed by atoms with van der Waals surface area (Å²) in [5.74, 6) is -0.194. The zero-order chi connectivity index (χ0) is 14.1. The van der Waals surface area contributed by atoms with E-state index in [0.29, 0.717) is 0 Å². The number of halogens is 3. The Morgan fingerprint density at radius 2 is 1.63 bits per heavy atom. The van der Waals surface area contributed by atoms with E-state index >= 15 is 0 Å². The first-order valence-corrected chi connectivity index (χ1v) is 6.61. The number of benzene rings is 1. The summed E-state index contributed by atoms with van der Waals surface area (Å²) in [4.78, 5) is 0. The van der Waals surface area contributed by atoms with Crippen molar-refractivity contribution in [1.82, 2.24) is 0 Å². The van der Waals surface area contributed by atoms with Crippen LogP contribution in [-0.4, -0.2) is 12.9 Å². The Kier molecular flexibility index (Phi) is 6.53. The van der Waals surface area contributed by atoms with E-state index in [4.69, 9.17) is 0 Å². The molecule has 2 nitrogen and oxygen atoms in total. The van der Waals surface area contributed by atoms with Crippen LogP contribution in [0.3, 0.4) is 0 Å². The molecule has 0 aromatic heterocycles. The highest BCUT2D eigenvalue weighted by atomic mass is 19.4. The predicted octanol–water partition coefficient (Wildman–Crippen LogP) is 4.97. The van der Waals surface area contributed by atoms with Gasteiger partial charge in [-0.25, -0.2) is 0 Å². The van der Waals surface area contributed by atoms with Crippen LogP contribution in [0.25, 0.3) is 0 Å². The molecule has 0 aliphatic carbocycles. The second kappa shape index (κ2) is 7.92. The van der Waals surface area contributed by atoms with Crippen LogP contribution in [0.4, 0.5) is 18.9 Å². The highest BCUT2D eigenvalue weighted by Crippen LogP contribution is 2.23. The zero-order valence-corrected chi connectivity index (χ0v) is 11.1. The minimum atomic E-state index is -4.63. The van der Waals surface area contributed by atoms with Crippen LogP contribution >= 0.6 is 0 Å². The van der Waals surface area contributed by atoms with E-state index in [1.165, 1.54) is 37.8 Å². The molecule has 0 amide bonds. The zero-order valence-electron chi connectivity index (χ0n) is 11.1. The normalized spacial score (nSPS) is 11.4. The predicted molar refractivity (Wildman–Crippen MR) is 70.4 cm³/mol. The van der Waals surface area contributed by atoms with Gasteiger partial charge in [0.25, 0.3) is 0 Å². The standard InChI is InChI=1S/C14H20F3NO/c1-2-3-4-5-6-11-18-12-7-9-13(10-8-12)19-14(15,16)17/h7-10,18H,2-6,11H2,1H3. The molecule has 108 valence electrons. The van der Waals surface area contributed by atoms with E-state index in [0.717, 1.165) is 18.7 Å². The molecule has 0 spiro atoms. The first kappa shape index (κ1) is 15.7. The molecule has 0 atom stereocenters. The van der Waals surface area contributed by atoms with Gasteiger partial charge in [-0.05, 0) is 30.7 Å². The van der Waals surface area contributed by atoms with Crippen molar-refractivity contribution < 1.29 is 17.9 Å². The fourth-order valence-corrected chi connectivity index (χ4v) is 1.74. The maximum atomic E-state index is 12.0. The van der Waals surface area contributed by atoms with Crippen LogP contribution < -0.4 is 10.1 Å². The summed E-state index contributed by atoms with van der Waals surface area (Å²) in [6.45, 7) is 3.01. The minimum Gasteiger partial charge on any atom is -0.406 e. The summed E-state index contributed by atoms with van der Waals surface area (Å²) in [5, 5.41) is 3.17. The third-order valence-electron chi connectivity index (χ3n) is 2.70. The van der Waals surface area contributed by atoms with Gasteiger partial charge in [-0.3, -0.25) is 0 Å². The Labute approximate surface area is 112 Å². The fraction of sp³-hybridized carbons (Fsp3) is 0.571. The first-order chi connectivity index (χ1) is 9.01. The minimum absolute atomic E-state index is 0.194. The molecule has 0 bridgehead atoms. The molecule has 0 fully saturated rings. The summed E-state index contributed by atoms with van der Waals surface area (Å²) in [6.07, 6.45) is 1.32. The van der Waals surface area contributed by atoms with Crippen LogP contribution in [0.1, 0.15) is 39.0 Å². The van der Waals surface area contributed by atoms with Crippen LogP contribution in [0.5, 0.6) is 5.75 Å². The molecule has 0 heterocycles. The molecule has 0 saturated heterocycles. The SMILES string of the molecule is CCCCCCCNc1ccc(OC(F)(F)F)cc1. The number of ether oxygens (including phenoxy) is 1. The van der Waals surface area contributed by atoms with Gasteiger partial charge in [-0.2, -0.15) is 0 Å². The lowest BCUT2D eigenvalue weighted by Crippen LogP contribution is -2.17. The second-order valence-electron chi connectivity index (χ2n) is 4.41. The number of unbranched alkanes of at least 4 members (excludes halogenated alkanes) is 4. The molecule has 19 heavy (non-hydrogen) atoms.